The Labute approximate surface area is 126 Å². The number of anilines is 1. The van der Waals surface area contributed by atoms with E-state index in [2.05, 4.69) is 21.0 Å². The lowest BCUT2D eigenvalue weighted by atomic mass is 9.87. The number of aromatic nitrogens is 2. The molecule has 3 nitrogen and oxygen atoms in total. The molecule has 19 heavy (non-hydrogen) atoms. The Bertz CT molecular complexity index is 599. The summed E-state index contributed by atoms with van der Waals surface area (Å²) >= 11 is 13.6. The van der Waals surface area contributed by atoms with E-state index in [0.717, 1.165) is 22.6 Å². The van der Waals surface area contributed by atoms with Crippen molar-refractivity contribution >= 4 is 51.7 Å². The standard InChI is InChI=1S/C13H15Cl2N3S/c1-7-3-2-4-8(5-7)16-11-9(14)6-10(15)12-13(11)18-19-17-12/h6-8,16H,2-5H2,1H3. The van der Waals surface area contributed by atoms with Crippen LogP contribution < -0.4 is 5.32 Å². The zero-order valence-corrected chi connectivity index (χ0v) is 12.9. The van der Waals surface area contributed by atoms with Gasteiger partial charge in [-0.25, -0.2) is 0 Å². The first-order chi connectivity index (χ1) is 9.15. The van der Waals surface area contributed by atoms with E-state index in [9.17, 15) is 0 Å². The molecule has 0 spiro atoms. The van der Waals surface area contributed by atoms with Crippen LogP contribution in [-0.4, -0.2) is 14.8 Å². The van der Waals surface area contributed by atoms with Crippen LogP contribution in [0.5, 0.6) is 0 Å². The third-order valence-electron chi connectivity index (χ3n) is 3.73. The van der Waals surface area contributed by atoms with Crippen LogP contribution in [0.1, 0.15) is 32.6 Å². The van der Waals surface area contributed by atoms with E-state index in [-0.39, 0.29) is 0 Å². The smallest absolute Gasteiger partial charge is 0.130 e. The molecule has 1 aliphatic carbocycles. The van der Waals surface area contributed by atoms with Gasteiger partial charge in [0.15, 0.2) is 0 Å². The van der Waals surface area contributed by atoms with E-state index in [1.54, 1.807) is 6.07 Å². The van der Waals surface area contributed by atoms with Crippen molar-refractivity contribution < 1.29 is 0 Å². The molecular formula is C13H15Cl2N3S. The SMILES string of the molecule is CC1CCCC(Nc2c(Cl)cc(Cl)c3nsnc23)C1. The van der Waals surface area contributed by atoms with E-state index in [4.69, 9.17) is 23.2 Å². The summed E-state index contributed by atoms with van der Waals surface area (Å²) in [6, 6.07) is 2.22. The highest BCUT2D eigenvalue weighted by Crippen LogP contribution is 2.37. The molecule has 6 heteroatoms. The molecule has 0 aliphatic heterocycles. The first-order valence-electron chi connectivity index (χ1n) is 6.52. The summed E-state index contributed by atoms with van der Waals surface area (Å²) < 4.78 is 8.55. The van der Waals surface area contributed by atoms with Gasteiger partial charge < -0.3 is 5.32 Å². The Hall–Kier alpha value is -0.580. The molecule has 0 saturated heterocycles. The number of nitrogens with zero attached hydrogens (tertiary/aromatic N) is 2. The molecule has 3 rings (SSSR count). The monoisotopic (exact) mass is 315 g/mol. The summed E-state index contributed by atoms with van der Waals surface area (Å²) in [4.78, 5) is 0. The van der Waals surface area contributed by atoms with Gasteiger partial charge in [-0.1, -0.05) is 43.0 Å². The summed E-state index contributed by atoms with van der Waals surface area (Å²) in [6.45, 7) is 2.30. The quantitative estimate of drug-likeness (QED) is 0.848. The van der Waals surface area contributed by atoms with Crippen molar-refractivity contribution in [3.8, 4) is 0 Å². The summed E-state index contributed by atoms with van der Waals surface area (Å²) in [7, 11) is 0. The van der Waals surface area contributed by atoms with Crippen LogP contribution in [0.3, 0.4) is 0 Å². The summed E-state index contributed by atoms with van der Waals surface area (Å²) in [5.74, 6) is 0.765. The second-order valence-corrected chi connectivity index (χ2v) is 6.63. The number of hydrogen-bond acceptors (Lipinski definition) is 4. The van der Waals surface area contributed by atoms with Crippen molar-refractivity contribution in [2.75, 3.05) is 5.32 Å². The fourth-order valence-electron chi connectivity index (χ4n) is 2.78. The van der Waals surface area contributed by atoms with Gasteiger partial charge in [-0.05, 0) is 24.8 Å². The van der Waals surface area contributed by atoms with Crippen LogP contribution in [0.2, 0.25) is 10.0 Å². The second-order valence-electron chi connectivity index (χ2n) is 5.29. The maximum atomic E-state index is 6.31. The van der Waals surface area contributed by atoms with Gasteiger partial charge in [-0.3, -0.25) is 0 Å². The molecule has 2 atom stereocenters. The van der Waals surface area contributed by atoms with Crippen molar-refractivity contribution in [3.05, 3.63) is 16.1 Å². The molecule has 0 amide bonds. The average molecular weight is 316 g/mol. The zero-order valence-electron chi connectivity index (χ0n) is 10.6. The largest absolute Gasteiger partial charge is 0.379 e. The fraction of sp³-hybridized carbons (Fsp3) is 0.538. The highest BCUT2D eigenvalue weighted by Gasteiger charge is 2.21. The van der Waals surface area contributed by atoms with Gasteiger partial charge >= 0.3 is 0 Å². The van der Waals surface area contributed by atoms with Crippen molar-refractivity contribution in [1.82, 2.24) is 8.75 Å². The van der Waals surface area contributed by atoms with Gasteiger partial charge in [0.1, 0.15) is 11.0 Å². The minimum Gasteiger partial charge on any atom is -0.379 e. The molecule has 1 N–H and O–H groups in total. The van der Waals surface area contributed by atoms with Gasteiger partial charge in [-0.15, -0.1) is 0 Å². The van der Waals surface area contributed by atoms with Crippen LogP contribution in [0.25, 0.3) is 11.0 Å². The minimum atomic E-state index is 0.465. The van der Waals surface area contributed by atoms with E-state index in [0.29, 0.717) is 16.1 Å². The van der Waals surface area contributed by atoms with Crippen LogP contribution in [0, 0.1) is 5.92 Å². The zero-order chi connectivity index (χ0) is 13.4. The van der Waals surface area contributed by atoms with Crippen LogP contribution in [0.15, 0.2) is 6.07 Å². The van der Waals surface area contributed by atoms with E-state index < -0.39 is 0 Å². The Kier molecular flexibility index (Phi) is 3.83. The first-order valence-corrected chi connectivity index (χ1v) is 8.00. The molecule has 1 fully saturated rings. The maximum absolute atomic E-state index is 6.31. The number of benzene rings is 1. The lowest BCUT2D eigenvalue weighted by Crippen LogP contribution is -2.26. The summed E-state index contributed by atoms with van der Waals surface area (Å²) in [5, 5.41) is 4.74. The number of fused-ring (bicyclic) bond motifs is 1. The molecular weight excluding hydrogens is 301 g/mol. The molecule has 1 saturated carbocycles. The Balaban J connectivity index is 1.94. The summed E-state index contributed by atoms with van der Waals surface area (Å²) in [5.41, 5.74) is 2.41. The molecule has 1 aliphatic rings. The molecule has 2 unspecified atom stereocenters. The second kappa shape index (κ2) is 5.43. The van der Waals surface area contributed by atoms with Crippen LogP contribution >= 0.6 is 34.9 Å². The third kappa shape index (κ3) is 2.67. The first kappa shape index (κ1) is 13.4. The third-order valence-corrected chi connectivity index (χ3v) is 4.84. The summed E-state index contributed by atoms with van der Waals surface area (Å²) in [6.07, 6.45) is 4.95. The lowest BCUT2D eigenvalue weighted by molar-refractivity contribution is 0.359. The predicted octanol–water partition coefficient (Wildman–Crippen LogP) is 4.99. The van der Waals surface area contributed by atoms with Gasteiger partial charge in [0, 0.05) is 6.04 Å². The van der Waals surface area contributed by atoms with Crippen LogP contribution in [-0.2, 0) is 0 Å². The highest BCUT2D eigenvalue weighted by atomic mass is 35.5. The predicted molar refractivity (Wildman–Crippen MR) is 82.5 cm³/mol. The highest BCUT2D eigenvalue weighted by molar-refractivity contribution is 7.00. The fourth-order valence-corrected chi connectivity index (χ4v) is 3.95. The molecule has 1 heterocycles. The topological polar surface area (TPSA) is 37.8 Å². The van der Waals surface area contributed by atoms with E-state index in [1.165, 1.54) is 37.4 Å². The van der Waals surface area contributed by atoms with Crippen molar-refractivity contribution in [2.45, 2.75) is 38.6 Å². The Morgan fingerprint density at radius 1 is 1.21 bits per heavy atom. The number of rotatable bonds is 2. The van der Waals surface area contributed by atoms with Gasteiger partial charge in [-0.2, -0.15) is 8.75 Å². The number of nitrogens with one attached hydrogen (secondary N) is 1. The molecule has 102 valence electrons. The van der Waals surface area contributed by atoms with Crippen LogP contribution in [0.4, 0.5) is 5.69 Å². The van der Waals surface area contributed by atoms with Gasteiger partial charge in [0.25, 0.3) is 0 Å². The Morgan fingerprint density at radius 3 is 2.79 bits per heavy atom. The molecule has 0 bridgehead atoms. The lowest BCUT2D eigenvalue weighted by Gasteiger charge is -2.28. The Morgan fingerprint density at radius 2 is 2.00 bits per heavy atom. The molecule has 0 radical (unpaired) electrons. The van der Waals surface area contributed by atoms with Gasteiger partial charge in [0.2, 0.25) is 0 Å². The van der Waals surface area contributed by atoms with Crippen molar-refractivity contribution in [1.29, 1.82) is 0 Å². The van der Waals surface area contributed by atoms with Gasteiger partial charge in [0.05, 0.1) is 27.5 Å². The molecule has 1 aromatic heterocycles. The van der Waals surface area contributed by atoms with Crippen molar-refractivity contribution in [2.24, 2.45) is 5.92 Å². The molecule has 2 aromatic rings. The molecule has 1 aromatic carbocycles. The maximum Gasteiger partial charge on any atom is 0.130 e. The normalized spacial score (nSPS) is 23.7. The van der Waals surface area contributed by atoms with Crippen molar-refractivity contribution in [3.63, 3.8) is 0 Å². The van der Waals surface area contributed by atoms with E-state index in [1.807, 2.05) is 0 Å². The minimum absolute atomic E-state index is 0.465. The van der Waals surface area contributed by atoms with E-state index >= 15 is 0 Å². The number of hydrogen-bond donors (Lipinski definition) is 1. The average Bonchev–Trinajstić information content (AvgIpc) is 2.84. The number of halogens is 2.